The first-order valence-corrected chi connectivity index (χ1v) is 34.0. The van der Waals surface area contributed by atoms with E-state index in [9.17, 15) is 19.5 Å². The molecule has 10 rings (SSSR count). The van der Waals surface area contributed by atoms with Gasteiger partial charge in [-0.2, -0.15) is 0 Å². The van der Waals surface area contributed by atoms with E-state index in [-0.39, 0.29) is 134 Å². The molecule has 0 saturated heterocycles. The molecule has 3 amide bonds. The van der Waals surface area contributed by atoms with Crippen LogP contribution in [0.15, 0.2) is 144 Å². The number of hydrogen-bond acceptors (Lipinski definition) is 7. The van der Waals surface area contributed by atoms with Crippen molar-refractivity contribution in [1.82, 2.24) is 4.98 Å². The number of benzene rings is 6. The molecule has 6 aromatic carbocycles. The number of carbonyl (C=O) groups is 4. The first kappa shape index (κ1) is 75.5. The summed E-state index contributed by atoms with van der Waals surface area (Å²) in [5.74, 6) is -0.0472. The summed E-state index contributed by atoms with van der Waals surface area (Å²) in [5, 5.41) is 24.2. The number of anilines is 2. The van der Waals surface area contributed by atoms with Crippen LogP contribution in [0.3, 0.4) is 0 Å². The van der Waals surface area contributed by atoms with Crippen molar-refractivity contribution in [3.63, 3.8) is 0 Å². The van der Waals surface area contributed by atoms with Crippen molar-refractivity contribution >= 4 is 143 Å². The number of amides is 3. The largest absolute Gasteiger partial charge is 1.00 e. The number of alkyl halides is 1. The molecule has 0 spiro atoms. The van der Waals surface area contributed by atoms with E-state index in [1.165, 1.54) is 95.2 Å². The number of aromatic nitrogens is 1. The van der Waals surface area contributed by atoms with Gasteiger partial charge in [0.05, 0.1) is 39.0 Å². The molecule has 0 unspecified atom stereocenters. The van der Waals surface area contributed by atoms with Gasteiger partial charge in [-0.15, -0.1) is 0 Å². The van der Waals surface area contributed by atoms with Gasteiger partial charge in [0.1, 0.15) is 0 Å². The van der Waals surface area contributed by atoms with E-state index in [0.29, 0.717) is 29.6 Å². The van der Waals surface area contributed by atoms with Crippen LogP contribution in [0.1, 0.15) is 154 Å². The number of aromatic hydroxyl groups is 1. The monoisotopic (exact) mass is 1540 g/mol. The zero-order valence-electron chi connectivity index (χ0n) is 51.6. The molecule has 3 aliphatic rings. The summed E-state index contributed by atoms with van der Waals surface area (Å²) in [6.07, 6.45) is 22.4. The number of hydrogen-bond donors (Lipinski definition) is 2. The molecule has 18 heteroatoms. The van der Waals surface area contributed by atoms with Gasteiger partial charge in [-0.1, -0.05) is 245 Å². The quantitative estimate of drug-likeness (QED) is 0.0144. The second-order valence-electron chi connectivity index (χ2n) is 21.3. The molecule has 0 bridgehead atoms. The molecule has 11 nitrogen and oxygen atoms in total. The molecule has 0 atom stereocenters. The molecule has 2 N–H and O–H groups in total. The smallest absolute Gasteiger partial charge is 1.00 e. The number of unbranched alkanes of at least 4 members (excludes halogenated alkanes) is 15. The Bertz CT molecular complexity index is 3560. The number of nitrogens with one attached hydrogen (secondary N) is 1. The number of nitrogens with zero attached hydrogens (tertiary/aromatic N) is 3. The van der Waals surface area contributed by atoms with Crippen molar-refractivity contribution in [2.75, 3.05) is 28.2 Å². The predicted octanol–water partition coefficient (Wildman–Crippen LogP) is 9.75. The second kappa shape index (κ2) is 39.4. The molecule has 87 heavy (non-hydrogen) atoms. The van der Waals surface area contributed by atoms with Gasteiger partial charge in [0.25, 0.3) is 24.2 Å². The van der Waals surface area contributed by atoms with E-state index in [4.69, 9.17) is 10.1 Å². The normalized spacial score (nSPS) is 12.7. The predicted molar refractivity (Wildman–Crippen MR) is 361 cm³/mol. The molecular formula is C69H75Br5K2N4O7. The Morgan fingerprint density at radius 2 is 0.874 bits per heavy atom. The first-order chi connectivity index (χ1) is 41.3. The number of aromatic amines is 1. The Morgan fingerprint density at radius 3 is 1.25 bits per heavy atom. The molecule has 7 aromatic rings. The van der Waals surface area contributed by atoms with E-state index in [1.54, 1.807) is 0 Å². The van der Waals surface area contributed by atoms with Crippen molar-refractivity contribution in [3.8, 4) is 17.0 Å². The summed E-state index contributed by atoms with van der Waals surface area (Å²) in [4.78, 5) is 63.4. The van der Waals surface area contributed by atoms with Crippen LogP contribution in [0, 0.1) is 0 Å². The summed E-state index contributed by atoms with van der Waals surface area (Å²) in [6, 6.07) is 39.3. The van der Waals surface area contributed by atoms with E-state index < -0.39 is 0 Å². The molecular weight excluding hydrogens is 1470 g/mol. The Labute approximate surface area is 640 Å². The van der Waals surface area contributed by atoms with Gasteiger partial charge >= 0.3 is 103 Å². The molecule has 3 aliphatic heterocycles. The molecule has 1 aromatic heterocycles. The van der Waals surface area contributed by atoms with Crippen LogP contribution >= 0.6 is 79.6 Å². The van der Waals surface area contributed by atoms with E-state index in [0.717, 1.165) is 115 Å². The molecule has 0 radical (unpaired) electrons. The van der Waals surface area contributed by atoms with Gasteiger partial charge in [-0.05, 0) is 114 Å². The maximum Gasteiger partial charge on any atom is 1.00 e. The molecule has 0 aliphatic carbocycles. The van der Waals surface area contributed by atoms with Gasteiger partial charge in [-0.25, -0.2) is 4.99 Å². The zero-order valence-corrected chi connectivity index (χ0v) is 64.8. The van der Waals surface area contributed by atoms with Crippen molar-refractivity contribution in [2.24, 2.45) is 4.99 Å². The number of H-pyrrole nitrogens is 1. The maximum atomic E-state index is 14.2. The zero-order chi connectivity index (χ0) is 60.8. The van der Waals surface area contributed by atoms with Crippen molar-refractivity contribution in [3.05, 3.63) is 177 Å². The molecule has 0 saturated carbocycles. The number of rotatable bonds is 25. The van der Waals surface area contributed by atoms with E-state index in [1.807, 2.05) is 119 Å². The van der Waals surface area contributed by atoms with Gasteiger partial charge in [0.2, 0.25) is 0 Å². The summed E-state index contributed by atoms with van der Waals surface area (Å²) >= 11 is 17.4. The number of carbonyl (C=O) groups excluding carboxylic acids is 4. The molecule has 0 fully saturated rings. The van der Waals surface area contributed by atoms with Crippen LogP contribution in [0.5, 0.6) is 5.88 Å². The van der Waals surface area contributed by atoms with Crippen LogP contribution in [0.4, 0.5) is 11.4 Å². The molecule has 450 valence electrons. The second-order valence-corrected chi connectivity index (χ2v) is 25.8. The van der Waals surface area contributed by atoms with Crippen molar-refractivity contribution < 1.29 is 139 Å². The van der Waals surface area contributed by atoms with Crippen LogP contribution in [0.25, 0.3) is 38.7 Å². The summed E-state index contributed by atoms with van der Waals surface area (Å²) in [5.41, 5.74) is 8.85. The fourth-order valence-corrected chi connectivity index (χ4v) is 12.4. The third kappa shape index (κ3) is 20.6. The maximum absolute atomic E-state index is 14.2. The standard InChI is InChI=1S/C38H44Br2N2O2.C22H12Br2N2O2.C8H17Br.CH2O3.2K.H/c1-3-5-7-9-11-13-23-41-33-25-32-34(26-31(33)35(37(41)43)27-15-19-29(39)20-16-27)42(24-14-12-10-8-6-4-2)38(44)36(32)28-17-21-30(40)22-18-28;23-13-5-1-11(2-6-13)19-15-9-18-16(10-17(15)25-21(19)27)20(22(28)26-18)12-3-7-14(24)8-4-12;1-2-3-4-5-6-7-8-9;2-1-4-3;;;/h15-22,25-26H,3-14,23-24H2,1-2H3;1-10,25,27H;2-8H2,1H3;1,3H;;;/q;;;;2*+1;-1/p-1. The fourth-order valence-electron chi connectivity index (χ4n) is 10.9. The third-order valence-electron chi connectivity index (χ3n) is 15.3. The topological polar surface area (TPSA) is 155 Å². The molecule has 4 heterocycles. The minimum atomic E-state index is -0.251. The fraction of sp³-hybridized carbons (Fsp3) is 0.348. The van der Waals surface area contributed by atoms with Crippen molar-refractivity contribution in [2.45, 2.75) is 136 Å². The Hall–Kier alpha value is -2.22. The third-order valence-corrected chi connectivity index (χ3v) is 18.0. The Balaban J connectivity index is 0.000000321. The Kier molecular flexibility index (Phi) is 34.2. The SMILES string of the molecule is CCCCCCCCBr.CCCCCCCCN1C(=O)C(c2ccc(Br)cc2)=c2cc3c(cc21)=C(c1ccc(Br)cc1)C(=O)N3CCCCCCCC.O=C1N=c2cc3c(-c4ccc(Br)cc4)c(O)[nH]c3cc2=C1c1ccc(Br)cc1.O=CO[O-].[H-].[K+].[K+]. The van der Waals surface area contributed by atoms with Crippen LogP contribution in [0.2, 0.25) is 0 Å². The minimum Gasteiger partial charge on any atom is -1.00 e. The summed E-state index contributed by atoms with van der Waals surface area (Å²) in [6.45, 7) is 7.90. The minimum absolute atomic E-state index is 0. The van der Waals surface area contributed by atoms with Crippen molar-refractivity contribution in [1.29, 1.82) is 0 Å². The van der Waals surface area contributed by atoms with Crippen LogP contribution in [-0.2, 0) is 24.1 Å². The van der Waals surface area contributed by atoms with E-state index in [2.05, 4.69) is 127 Å². The van der Waals surface area contributed by atoms with E-state index >= 15 is 0 Å². The number of fused-ring (bicyclic) bond motifs is 4. The Morgan fingerprint density at radius 1 is 0.517 bits per heavy atom. The van der Waals surface area contributed by atoms with Crippen LogP contribution < -0.4 is 139 Å². The summed E-state index contributed by atoms with van der Waals surface area (Å²) in [7, 11) is 0. The summed E-state index contributed by atoms with van der Waals surface area (Å²) < 4.78 is 3.87. The van der Waals surface area contributed by atoms with Gasteiger partial charge in [0.15, 0.2) is 5.88 Å². The van der Waals surface area contributed by atoms with Gasteiger partial charge in [-0.3, -0.25) is 19.2 Å². The van der Waals surface area contributed by atoms with Crippen LogP contribution in [-0.4, -0.2) is 52.7 Å². The van der Waals surface area contributed by atoms with Gasteiger partial charge < -0.3 is 31.5 Å². The first-order valence-electron chi connectivity index (χ1n) is 29.7. The van der Waals surface area contributed by atoms with Gasteiger partial charge in [0, 0.05) is 62.9 Å². The average Bonchev–Trinajstić information content (AvgIpc) is 1.70. The average molecular weight is 1550 g/mol. The number of halogens is 5.